The molecule has 0 spiro atoms. The highest BCUT2D eigenvalue weighted by Crippen LogP contribution is 2.27. The van der Waals surface area contributed by atoms with Gasteiger partial charge in [0.1, 0.15) is 28.9 Å². The third-order valence-electron chi connectivity index (χ3n) is 9.28. The number of H-pyrrole nitrogens is 2. The number of carboxylic acid groups (broad SMARTS) is 2. The van der Waals surface area contributed by atoms with Gasteiger partial charge in [-0.25, -0.2) is 31.5 Å². The molecule has 14 nitrogen and oxygen atoms in total. The van der Waals surface area contributed by atoms with Crippen LogP contribution in [0.15, 0.2) is 97.3 Å². The molecule has 0 amide bonds. The van der Waals surface area contributed by atoms with Crippen molar-refractivity contribution >= 4 is 68.7 Å². The highest BCUT2D eigenvalue weighted by Gasteiger charge is 2.42. The average molecular weight is 1200 g/mol. The first-order valence-corrected chi connectivity index (χ1v) is 23.9. The molecule has 1 unspecified atom stereocenters. The molecule has 0 saturated heterocycles. The van der Waals surface area contributed by atoms with E-state index in [1.54, 1.807) is 50.2 Å². The number of aromatic nitrogens is 2. The first kappa shape index (κ1) is 68.5. The Morgan fingerprint density at radius 3 is 1.55 bits per heavy atom. The molecule has 74 heavy (non-hydrogen) atoms. The zero-order chi connectivity index (χ0) is 55.5. The molecular formula is C49H61ClF9IN4O10. The number of carboxylic acids is 2. The van der Waals surface area contributed by atoms with E-state index >= 15 is 0 Å². The Kier molecular flexibility index (Phi) is 32.3. The number of aromatic amines is 2. The summed E-state index contributed by atoms with van der Waals surface area (Å²) in [6.07, 6.45) is -5.44. The van der Waals surface area contributed by atoms with Crippen molar-refractivity contribution in [3.05, 3.63) is 126 Å². The molecule has 2 aromatic heterocycles. The quantitative estimate of drug-likeness (QED) is 0.0160. The molecule has 3 atom stereocenters. The molecule has 0 fully saturated rings. The first-order valence-electron chi connectivity index (χ1n) is 21.8. The molecule has 6 aromatic rings. The van der Waals surface area contributed by atoms with Gasteiger partial charge >= 0.3 is 30.2 Å². The van der Waals surface area contributed by atoms with Crippen LogP contribution in [-0.4, -0.2) is 129 Å². The van der Waals surface area contributed by atoms with Crippen LogP contribution >= 0.6 is 35.0 Å². The van der Waals surface area contributed by atoms with Crippen LogP contribution in [0.1, 0.15) is 37.5 Å². The second-order valence-corrected chi connectivity index (χ2v) is 15.5. The summed E-state index contributed by atoms with van der Waals surface area (Å²) >= 11 is 2.15. The summed E-state index contributed by atoms with van der Waals surface area (Å²) in [4.78, 5) is 27.6. The fraction of sp³-hybridized carbons (Fsp3) is 0.388. The minimum absolute atomic E-state index is 0. The maximum atomic E-state index is 13.2. The predicted octanol–water partition coefficient (Wildman–Crippen LogP) is 9.53. The Labute approximate surface area is 441 Å². The van der Waals surface area contributed by atoms with Crippen LogP contribution in [0.5, 0.6) is 17.2 Å². The number of aliphatic hydroxyl groups is 3. The summed E-state index contributed by atoms with van der Waals surface area (Å²) in [7, 11) is 1.46. The number of fused-ring (bicyclic) bond motifs is 2. The van der Waals surface area contributed by atoms with Gasteiger partial charge in [0.05, 0.1) is 7.11 Å². The van der Waals surface area contributed by atoms with Crippen molar-refractivity contribution in [3.63, 3.8) is 0 Å². The van der Waals surface area contributed by atoms with Crippen molar-refractivity contribution in [2.24, 2.45) is 5.73 Å². The molecule has 6 rings (SSSR count). The second kappa shape index (κ2) is 34.9. The van der Waals surface area contributed by atoms with E-state index in [1.807, 2.05) is 17.3 Å². The van der Waals surface area contributed by atoms with E-state index in [9.17, 15) is 49.1 Å². The van der Waals surface area contributed by atoms with Crippen molar-refractivity contribution in [1.29, 1.82) is 0 Å². The van der Waals surface area contributed by atoms with Gasteiger partial charge in [-0.05, 0) is 129 Å². The number of alkyl halides is 8. The lowest BCUT2D eigenvalue weighted by atomic mass is 10.1. The summed E-state index contributed by atoms with van der Waals surface area (Å²) in [5.74, 6) is -10.9. The normalized spacial score (nSPS) is 12.1. The van der Waals surface area contributed by atoms with E-state index in [4.69, 9.17) is 45.5 Å². The van der Waals surface area contributed by atoms with Gasteiger partial charge in [-0.2, -0.15) is 17.6 Å². The van der Waals surface area contributed by atoms with E-state index in [-0.39, 0.29) is 41.6 Å². The zero-order valence-electron chi connectivity index (χ0n) is 40.6. The maximum absolute atomic E-state index is 13.2. The van der Waals surface area contributed by atoms with E-state index < -0.39 is 61.8 Å². The monoisotopic (exact) mass is 1200 g/mol. The van der Waals surface area contributed by atoms with E-state index in [0.29, 0.717) is 31.8 Å². The molecule has 0 radical (unpaired) electrons. The molecule has 10 N–H and O–H groups in total. The average Bonchev–Trinajstić information content (AvgIpc) is 3.94. The number of benzene rings is 4. The second-order valence-electron chi connectivity index (χ2n) is 15.5. The predicted molar refractivity (Wildman–Crippen MR) is 273 cm³/mol. The lowest BCUT2D eigenvalue weighted by Crippen LogP contribution is -2.39. The highest BCUT2D eigenvalue weighted by atomic mass is 127. The summed E-state index contributed by atoms with van der Waals surface area (Å²) < 4.78 is 129. The van der Waals surface area contributed by atoms with Crippen LogP contribution < -0.4 is 25.3 Å². The number of halogens is 11. The van der Waals surface area contributed by atoms with Crippen LogP contribution in [0.2, 0.25) is 0 Å². The number of methoxy groups -OCH3 is 1. The van der Waals surface area contributed by atoms with Gasteiger partial charge in [0, 0.05) is 52.9 Å². The number of hydrogen-bond donors (Lipinski definition) is 9. The largest absolute Gasteiger partial charge is 0.497 e. The van der Waals surface area contributed by atoms with Crippen LogP contribution in [-0.2, 0) is 29.0 Å². The lowest BCUT2D eigenvalue weighted by Gasteiger charge is -2.18. The number of aliphatic carboxylic acids is 2. The first-order chi connectivity index (χ1) is 34.3. The molecule has 0 aliphatic rings. The van der Waals surface area contributed by atoms with Crippen LogP contribution in [0.3, 0.4) is 0 Å². The van der Waals surface area contributed by atoms with Crippen molar-refractivity contribution in [3.8, 4) is 17.2 Å². The standard InChI is InChI=1S/C20H19F5N2O.C11H13F3O2.C10H11FN2.C4H6O6.C3H8O.CH3I.ClH/c21-15-4-5-17-14(11-27-18(17)9-15)6-7-26-10-13-2-1-3-16(8-13)28-12-20(24,25)19(22)23;1-8(12)11(13,14)7-16-10-5-3-4-9(6-10)15-2;11-8-1-2-9-7(3-4-12)6-13-10(9)5-8;5-1(3(7)8)2(6)4(9)10;1-3(2)4;1-2;/h1-5,8-9,11,19,26-27H,6-7,10,12H2;3-6,8H,7H2,1-2H3;1-2,5-6,13H,3-4,12H2;1-2,5-6H,(H,7,8)(H,9,10);3-4H,1-2H3;1H3;1H/t;;;1-,2-;;;/m...0.../s1. The van der Waals surface area contributed by atoms with E-state index in [1.165, 1.54) is 55.6 Å². The molecule has 2 heterocycles. The molecule has 0 aliphatic heterocycles. The lowest BCUT2D eigenvalue weighted by molar-refractivity contribution is -0.165. The van der Waals surface area contributed by atoms with Gasteiger partial charge in [-0.1, -0.05) is 40.8 Å². The Hall–Kier alpha value is -5.51. The summed E-state index contributed by atoms with van der Waals surface area (Å²) in [5, 5.41) is 45.8. The Morgan fingerprint density at radius 1 is 0.689 bits per heavy atom. The Bertz CT molecular complexity index is 2520. The number of aliphatic hydroxyl groups excluding tert-OH is 3. The van der Waals surface area contributed by atoms with Gasteiger partial charge in [-0.3, -0.25) is 0 Å². The van der Waals surface area contributed by atoms with Crippen LogP contribution in [0.25, 0.3) is 21.8 Å². The number of nitrogens with two attached hydrogens (primary N) is 1. The molecule has 0 bridgehead atoms. The number of ether oxygens (including phenoxy) is 3. The van der Waals surface area contributed by atoms with Gasteiger partial charge < -0.3 is 60.8 Å². The van der Waals surface area contributed by atoms with Gasteiger partial charge in [0.15, 0.2) is 31.6 Å². The SMILES string of the molecule is CC(C)O.CI.COc1cccc(OCC(F)(F)C(C)F)c1.Cl.Fc1ccc2c(CCNCc3cccc(OCC(F)(F)C(F)F)c3)c[nH]c2c1.NCCc1c[nH]c2cc(F)ccc12.O=C(O)[C@@H](O)[C@H](O)C(=O)O. The molecule has 4 aromatic carbocycles. The van der Waals surface area contributed by atoms with Crippen molar-refractivity contribution in [2.75, 3.05) is 38.3 Å². The zero-order valence-corrected chi connectivity index (χ0v) is 43.6. The Morgan fingerprint density at radius 2 is 1.12 bits per heavy atom. The minimum Gasteiger partial charge on any atom is -0.497 e. The fourth-order valence-corrected chi connectivity index (χ4v) is 5.59. The van der Waals surface area contributed by atoms with Crippen LogP contribution in [0, 0.1) is 11.6 Å². The van der Waals surface area contributed by atoms with E-state index in [0.717, 1.165) is 51.8 Å². The van der Waals surface area contributed by atoms with Gasteiger partial charge in [0.2, 0.25) is 0 Å². The number of rotatable bonds is 19. The summed E-state index contributed by atoms with van der Waals surface area (Å²) in [6, 6.07) is 21.9. The van der Waals surface area contributed by atoms with E-state index in [2.05, 4.69) is 37.9 Å². The fourth-order valence-electron chi connectivity index (χ4n) is 5.59. The van der Waals surface area contributed by atoms with Crippen molar-refractivity contribution in [2.45, 2.75) is 82.9 Å². The van der Waals surface area contributed by atoms with Gasteiger partial charge in [-0.15, -0.1) is 12.4 Å². The number of hydrogen-bond acceptors (Lipinski definition) is 10. The van der Waals surface area contributed by atoms with Crippen molar-refractivity contribution < 1.29 is 88.8 Å². The van der Waals surface area contributed by atoms with Gasteiger partial charge in [0.25, 0.3) is 0 Å². The summed E-state index contributed by atoms with van der Waals surface area (Å²) in [6.45, 7) is 3.60. The third kappa shape index (κ3) is 25.1. The smallest absolute Gasteiger partial charge is 0.340 e. The molecule has 414 valence electrons. The topological polar surface area (TPSA) is 233 Å². The molecule has 25 heteroatoms. The summed E-state index contributed by atoms with van der Waals surface area (Å²) in [5.41, 5.74) is 10.0. The molecule has 0 aliphatic carbocycles. The highest BCUT2D eigenvalue weighted by molar-refractivity contribution is 14.1. The number of carbonyl (C=O) groups is 2. The number of nitrogens with one attached hydrogen (secondary N) is 3. The molecular weight excluding hydrogens is 1140 g/mol. The van der Waals surface area contributed by atoms with Crippen molar-refractivity contribution in [1.82, 2.24) is 15.3 Å². The molecule has 0 saturated carbocycles. The Balaban J connectivity index is 0.000000989. The maximum Gasteiger partial charge on any atom is 0.340 e. The third-order valence-corrected chi connectivity index (χ3v) is 9.28. The van der Waals surface area contributed by atoms with Crippen LogP contribution in [0.4, 0.5) is 39.5 Å². The minimum atomic E-state index is -4.18.